The van der Waals surface area contributed by atoms with Crippen molar-refractivity contribution in [2.24, 2.45) is 0 Å². The summed E-state index contributed by atoms with van der Waals surface area (Å²) in [6.45, 7) is 3.87. The van der Waals surface area contributed by atoms with Crippen molar-refractivity contribution in [3.05, 3.63) is 30.1 Å². The van der Waals surface area contributed by atoms with E-state index in [9.17, 15) is 4.79 Å². The lowest BCUT2D eigenvalue weighted by atomic mass is 10.1. The lowest BCUT2D eigenvalue weighted by Gasteiger charge is -2.05. The minimum atomic E-state index is -0.0919. The molecule has 1 aromatic heterocycles. The number of aromatic nitrogens is 1. The van der Waals surface area contributed by atoms with Gasteiger partial charge in [0.15, 0.2) is 0 Å². The van der Waals surface area contributed by atoms with Crippen LogP contribution in [0.2, 0.25) is 0 Å². The normalized spacial score (nSPS) is 10.4. The van der Waals surface area contributed by atoms with E-state index in [1.807, 2.05) is 31.5 Å². The molecule has 112 valence electrons. The number of rotatable bonds is 11. The zero-order valence-electron chi connectivity index (χ0n) is 12.3. The quantitative estimate of drug-likeness (QED) is 0.461. The van der Waals surface area contributed by atoms with Crippen LogP contribution >= 0.6 is 0 Å². The van der Waals surface area contributed by atoms with Gasteiger partial charge in [-0.1, -0.05) is 6.42 Å². The molecule has 0 aromatic carbocycles. The zero-order valence-corrected chi connectivity index (χ0v) is 12.3. The second-order valence-electron chi connectivity index (χ2n) is 4.69. The van der Waals surface area contributed by atoms with Crippen molar-refractivity contribution in [3.63, 3.8) is 0 Å². The molecule has 1 rings (SSSR count). The minimum Gasteiger partial charge on any atom is -0.466 e. The Morgan fingerprint density at radius 2 is 1.85 bits per heavy atom. The molecule has 0 saturated carbocycles. The van der Waals surface area contributed by atoms with E-state index in [4.69, 9.17) is 9.47 Å². The Balaban J connectivity index is 1.84. The first-order valence-corrected chi connectivity index (χ1v) is 7.45. The topological polar surface area (TPSA) is 48.4 Å². The van der Waals surface area contributed by atoms with Crippen LogP contribution in [0, 0.1) is 0 Å². The lowest BCUT2D eigenvalue weighted by Crippen LogP contribution is -2.04. The minimum absolute atomic E-state index is 0.0919. The van der Waals surface area contributed by atoms with Gasteiger partial charge in [0.2, 0.25) is 0 Å². The van der Waals surface area contributed by atoms with E-state index in [2.05, 4.69) is 4.98 Å². The maximum absolute atomic E-state index is 11.1. The standard InChI is InChI=1S/C16H25NO3/c1-2-20-16(18)8-4-3-5-13-19-14-6-7-15-9-11-17-12-10-15/h9-12H,2-8,13-14H2,1H3. The van der Waals surface area contributed by atoms with Crippen molar-refractivity contribution in [1.82, 2.24) is 4.98 Å². The average Bonchev–Trinajstić information content (AvgIpc) is 2.47. The van der Waals surface area contributed by atoms with Crippen LogP contribution in [0.15, 0.2) is 24.5 Å². The van der Waals surface area contributed by atoms with Gasteiger partial charge in [-0.15, -0.1) is 0 Å². The van der Waals surface area contributed by atoms with Gasteiger partial charge in [0.1, 0.15) is 0 Å². The molecule has 0 unspecified atom stereocenters. The van der Waals surface area contributed by atoms with Gasteiger partial charge >= 0.3 is 5.97 Å². The van der Waals surface area contributed by atoms with Gasteiger partial charge in [0.25, 0.3) is 0 Å². The highest BCUT2D eigenvalue weighted by Gasteiger charge is 2.00. The van der Waals surface area contributed by atoms with Gasteiger partial charge in [0, 0.05) is 32.0 Å². The van der Waals surface area contributed by atoms with Gasteiger partial charge in [-0.3, -0.25) is 9.78 Å². The summed E-state index contributed by atoms with van der Waals surface area (Å²) in [7, 11) is 0. The first-order chi connectivity index (χ1) is 9.83. The second-order valence-corrected chi connectivity index (χ2v) is 4.69. The summed E-state index contributed by atoms with van der Waals surface area (Å²) in [6.07, 6.45) is 9.14. The van der Waals surface area contributed by atoms with Crippen LogP contribution in [0.5, 0.6) is 0 Å². The van der Waals surface area contributed by atoms with Crippen LogP contribution in [0.25, 0.3) is 0 Å². The Bertz CT molecular complexity index is 354. The number of aryl methyl sites for hydroxylation is 1. The van der Waals surface area contributed by atoms with Crippen LogP contribution < -0.4 is 0 Å². The molecule has 0 bridgehead atoms. The summed E-state index contributed by atoms with van der Waals surface area (Å²) < 4.78 is 10.4. The molecule has 4 heteroatoms. The Morgan fingerprint density at radius 1 is 1.10 bits per heavy atom. The summed E-state index contributed by atoms with van der Waals surface area (Å²) in [6, 6.07) is 4.07. The number of ether oxygens (including phenoxy) is 2. The summed E-state index contributed by atoms with van der Waals surface area (Å²) in [5, 5.41) is 0. The molecule has 0 aliphatic carbocycles. The van der Waals surface area contributed by atoms with Crippen LogP contribution in [0.4, 0.5) is 0 Å². The number of pyridine rings is 1. The predicted molar refractivity (Wildman–Crippen MR) is 78.5 cm³/mol. The largest absolute Gasteiger partial charge is 0.466 e. The summed E-state index contributed by atoms with van der Waals surface area (Å²) in [4.78, 5) is 15.1. The molecular weight excluding hydrogens is 254 g/mol. The van der Waals surface area contributed by atoms with E-state index in [1.165, 1.54) is 5.56 Å². The molecule has 0 atom stereocenters. The molecule has 0 aliphatic heterocycles. The van der Waals surface area contributed by atoms with Gasteiger partial charge in [-0.25, -0.2) is 0 Å². The average molecular weight is 279 g/mol. The molecule has 0 N–H and O–H groups in total. The molecule has 0 aliphatic rings. The van der Waals surface area contributed by atoms with Crippen molar-refractivity contribution in [3.8, 4) is 0 Å². The van der Waals surface area contributed by atoms with Crippen molar-refractivity contribution < 1.29 is 14.3 Å². The third-order valence-corrected chi connectivity index (χ3v) is 2.98. The Kier molecular flexibility index (Phi) is 9.49. The number of nitrogens with zero attached hydrogens (tertiary/aromatic N) is 1. The predicted octanol–water partition coefficient (Wildman–Crippen LogP) is 3.15. The van der Waals surface area contributed by atoms with E-state index >= 15 is 0 Å². The SMILES string of the molecule is CCOC(=O)CCCCCOCCCc1ccncc1. The molecule has 0 fully saturated rings. The second kappa shape index (κ2) is 11.4. The highest BCUT2D eigenvalue weighted by molar-refractivity contribution is 5.69. The Labute approximate surface area is 121 Å². The van der Waals surface area contributed by atoms with Crippen molar-refractivity contribution in [1.29, 1.82) is 0 Å². The molecule has 0 radical (unpaired) electrons. The molecule has 0 amide bonds. The highest BCUT2D eigenvalue weighted by atomic mass is 16.5. The van der Waals surface area contributed by atoms with E-state index in [1.54, 1.807) is 0 Å². The molecule has 1 aromatic rings. The van der Waals surface area contributed by atoms with Crippen LogP contribution in [-0.2, 0) is 20.7 Å². The smallest absolute Gasteiger partial charge is 0.305 e. The third kappa shape index (κ3) is 8.64. The highest BCUT2D eigenvalue weighted by Crippen LogP contribution is 2.03. The Hall–Kier alpha value is -1.42. The van der Waals surface area contributed by atoms with Crippen LogP contribution in [0.3, 0.4) is 0 Å². The first-order valence-electron chi connectivity index (χ1n) is 7.45. The van der Waals surface area contributed by atoms with Crippen LogP contribution in [0.1, 0.15) is 44.6 Å². The summed E-state index contributed by atoms with van der Waals surface area (Å²) >= 11 is 0. The maximum Gasteiger partial charge on any atom is 0.305 e. The maximum atomic E-state index is 11.1. The Morgan fingerprint density at radius 3 is 2.60 bits per heavy atom. The van der Waals surface area contributed by atoms with Crippen molar-refractivity contribution in [2.45, 2.75) is 45.4 Å². The van der Waals surface area contributed by atoms with Gasteiger partial charge in [-0.05, 0) is 50.3 Å². The lowest BCUT2D eigenvalue weighted by molar-refractivity contribution is -0.143. The number of unbranched alkanes of at least 4 members (excludes halogenated alkanes) is 2. The summed E-state index contributed by atoms with van der Waals surface area (Å²) in [5.41, 5.74) is 1.30. The zero-order chi connectivity index (χ0) is 14.5. The van der Waals surface area contributed by atoms with E-state index < -0.39 is 0 Å². The molecule has 0 saturated heterocycles. The van der Waals surface area contributed by atoms with Gasteiger partial charge < -0.3 is 9.47 Å². The molecule has 20 heavy (non-hydrogen) atoms. The monoisotopic (exact) mass is 279 g/mol. The third-order valence-electron chi connectivity index (χ3n) is 2.98. The van der Waals surface area contributed by atoms with E-state index in [0.717, 1.165) is 45.3 Å². The fraction of sp³-hybridized carbons (Fsp3) is 0.625. The molecular formula is C16H25NO3. The van der Waals surface area contributed by atoms with Crippen molar-refractivity contribution in [2.75, 3.05) is 19.8 Å². The fourth-order valence-electron chi connectivity index (χ4n) is 1.91. The van der Waals surface area contributed by atoms with Gasteiger partial charge in [0.05, 0.1) is 6.61 Å². The van der Waals surface area contributed by atoms with E-state index in [0.29, 0.717) is 13.0 Å². The molecule has 4 nitrogen and oxygen atoms in total. The fourth-order valence-corrected chi connectivity index (χ4v) is 1.91. The van der Waals surface area contributed by atoms with Crippen molar-refractivity contribution >= 4 is 5.97 Å². The number of hydrogen-bond acceptors (Lipinski definition) is 4. The van der Waals surface area contributed by atoms with E-state index in [-0.39, 0.29) is 5.97 Å². The molecule has 0 spiro atoms. The number of hydrogen-bond donors (Lipinski definition) is 0. The van der Waals surface area contributed by atoms with Gasteiger partial charge in [-0.2, -0.15) is 0 Å². The first kappa shape index (κ1) is 16.6. The summed E-state index contributed by atoms with van der Waals surface area (Å²) in [5.74, 6) is -0.0919. The number of esters is 1. The number of carbonyl (C=O) groups excluding carboxylic acids is 1. The van der Waals surface area contributed by atoms with Crippen LogP contribution in [-0.4, -0.2) is 30.8 Å². The molecule has 1 heterocycles. The number of carbonyl (C=O) groups is 1.